The van der Waals surface area contributed by atoms with Crippen LogP contribution in [0.5, 0.6) is 0 Å². The fourth-order valence-corrected chi connectivity index (χ4v) is 2.32. The quantitative estimate of drug-likeness (QED) is 0.451. The molecule has 0 aliphatic carbocycles. The van der Waals surface area contributed by atoms with Gasteiger partial charge >= 0.3 is 0 Å². The summed E-state index contributed by atoms with van der Waals surface area (Å²) in [5.41, 5.74) is 1.14. The summed E-state index contributed by atoms with van der Waals surface area (Å²) in [6, 6.07) is 4.23. The monoisotopic (exact) mass is 403 g/mol. The molecule has 21 heavy (non-hydrogen) atoms. The van der Waals surface area contributed by atoms with Gasteiger partial charge in [-0.05, 0) is 38.3 Å². The molecule has 6 heteroatoms. The van der Waals surface area contributed by atoms with Crippen molar-refractivity contribution in [2.75, 3.05) is 31.1 Å². The molecule has 1 fully saturated rings. The van der Waals surface area contributed by atoms with Crippen molar-refractivity contribution in [3.63, 3.8) is 0 Å². The Balaban J connectivity index is 0.00000220. The number of anilines is 1. The van der Waals surface area contributed by atoms with E-state index in [-0.39, 0.29) is 24.0 Å². The Morgan fingerprint density at radius 2 is 1.86 bits per heavy atom. The number of nitrogens with one attached hydrogen (secondary N) is 2. The smallest absolute Gasteiger partial charge is 0.191 e. The van der Waals surface area contributed by atoms with E-state index in [9.17, 15) is 0 Å². The number of pyridine rings is 1. The predicted octanol–water partition coefficient (Wildman–Crippen LogP) is 2.37. The molecular formula is C15H26IN5. The minimum Gasteiger partial charge on any atom is -0.357 e. The third-order valence-corrected chi connectivity index (χ3v) is 3.35. The molecule has 2 N–H and O–H groups in total. The van der Waals surface area contributed by atoms with Crippen LogP contribution in [0.2, 0.25) is 0 Å². The van der Waals surface area contributed by atoms with Crippen molar-refractivity contribution in [3.8, 4) is 0 Å². The van der Waals surface area contributed by atoms with Gasteiger partial charge in [0.25, 0.3) is 0 Å². The fourth-order valence-electron chi connectivity index (χ4n) is 2.32. The third-order valence-electron chi connectivity index (χ3n) is 3.35. The van der Waals surface area contributed by atoms with Gasteiger partial charge in [-0.25, -0.2) is 9.98 Å². The van der Waals surface area contributed by atoms with E-state index in [0.29, 0.717) is 6.54 Å². The maximum Gasteiger partial charge on any atom is 0.191 e. The second-order valence-corrected chi connectivity index (χ2v) is 4.94. The Morgan fingerprint density at radius 3 is 2.38 bits per heavy atom. The highest BCUT2D eigenvalue weighted by molar-refractivity contribution is 14.0. The van der Waals surface area contributed by atoms with Crippen LogP contribution in [0, 0.1) is 0 Å². The molecule has 5 nitrogen and oxygen atoms in total. The van der Waals surface area contributed by atoms with E-state index in [0.717, 1.165) is 43.5 Å². The summed E-state index contributed by atoms with van der Waals surface area (Å²) in [6.07, 6.45) is 4.50. The zero-order valence-corrected chi connectivity index (χ0v) is 15.3. The zero-order chi connectivity index (χ0) is 14.2. The molecule has 0 atom stereocenters. The highest BCUT2D eigenvalue weighted by atomic mass is 127. The molecule has 0 unspecified atom stereocenters. The van der Waals surface area contributed by atoms with Gasteiger partial charge in [0.05, 0.1) is 6.54 Å². The van der Waals surface area contributed by atoms with Crippen LogP contribution < -0.4 is 15.5 Å². The lowest BCUT2D eigenvalue weighted by atomic mass is 10.3. The number of halogens is 1. The van der Waals surface area contributed by atoms with Crippen LogP contribution in [0.3, 0.4) is 0 Å². The molecule has 0 radical (unpaired) electrons. The van der Waals surface area contributed by atoms with Crippen LogP contribution in [-0.4, -0.2) is 37.1 Å². The topological polar surface area (TPSA) is 52.6 Å². The molecule has 0 saturated carbocycles. The average molecular weight is 403 g/mol. The fraction of sp³-hybridized carbons (Fsp3) is 0.600. The molecule has 0 bridgehead atoms. The molecular weight excluding hydrogens is 377 g/mol. The predicted molar refractivity (Wildman–Crippen MR) is 99.6 cm³/mol. The SMILES string of the molecule is CCNC(=NCc1ccc(N2CCCC2)nc1)NCC.I. The zero-order valence-electron chi connectivity index (χ0n) is 12.9. The van der Waals surface area contributed by atoms with Crippen molar-refractivity contribution in [1.82, 2.24) is 15.6 Å². The van der Waals surface area contributed by atoms with Crippen LogP contribution in [0.25, 0.3) is 0 Å². The number of aliphatic imine (C=N–C) groups is 1. The summed E-state index contributed by atoms with van der Waals surface area (Å²) in [7, 11) is 0. The van der Waals surface area contributed by atoms with Crippen molar-refractivity contribution >= 4 is 35.8 Å². The summed E-state index contributed by atoms with van der Waals surface area (Å²) < 4.78 is 0. The second kappa shape index (κ2) is 9.81. The summed E-state index contributed by atoms with van der Waals surface area (Å²) in [5.74, 6) is 1.95. The lowest BCUT2D eigenvalue weighted by Gasteiger charge is -2.16. The molecule has 1 aromatic heterocycles. The van der Waals surface area contributed by atoms with Gasteiger partial charge in [0.1, 0.15) is 5.82 Å². The van der Waals surface area contributed by atoms with E-state index < -0.39 is 0 Å². The number of hydrogen-bond acceptors (Lipinski definition) is 3. The Hall–Kier alpha value is -1.05. The van der Waals surface area contributed by atoms with Gasteiger partial charge in [0.15, 0.2) is 5.96 Å². The molecule has 1 aliphatic heterocycles. The van der Waals surface area contributed by atoms with E-state index >= 15 is 0 Å². The van der Waals surface area contributed by atoms with Crippen LogP contribution in [0.1, 0.15) is 32.3 Å². The Labute approximate surface area is 144 Å². The normalized spacial score (nSPS) is 13.5. The van der Waals surface area contributed by atoms with Crippen molar-refractivity contribution in [2.24, 2.45) is 4.99 Å². The average Bonchev–Trinajstić information content (AvgIpc) is 3.00. The number of nitrogens with zero attached hydrogens (tertiary/aromatic N) is 3. The first kappa shape index (κ1) is 18.0. The van der Waals surface area contributed by atoms with Gasteiger partial charge in [-0.3, -0.25) is 0 Å². The highest BCUT2D eigenvalue weighted by Crippen LogP contribution is 2.17. The van der Waals surface area contributed by atoms with Crippen LogP contribution in [-0.2, 0) is 6.54 Å². The van der Waals surface area contributed by atoms with E-state index in [1.165, 1.54) is 12.8 Å². The van der Waals surface area contributed by atoms with Crippen molar-refractivity contribution in [3.05, 3.63) is 23.9 Å². The minimum absolute atomic E-state index is 0. The van der Waals surface area contributed by atoms with Crippen molar-refractivity contribution < 1.29 is 0 Å². The third kappa shape index (κ3) is 5.68. The molecule has 2 heterocycles. The van der Waals surface area contributed by atoms with Gasteiger partial charge in [-0.15, -0.1) is 24.0 Å². The van der Waals surface area contributed by atoms with E-state index in [2.05, 4.69) is 51.5 Å². The molecule has 1 aliphatic rings. The van der Waals surface area contributed by atoms with Crippen LogP contribution >= 0.6 is 24.0 Å². The van der Waals surface area contributed by atoms with Gasteiger partial charge < -0.3 is 15.5 Å². The summed E-state index contributed by atoms with van der Waals surface area (Å²) in [5, 5.41) is 6.44. The Morgan fingerprint density at radius 1 is 1.19 bits per heavy atom. The maximum absolute atomic E-state index is 4.55. The van der Waals surface area contributed by atoms with E-state index in [1.807, 2.05) is 6.20 Å². The molecule has 1 saturated heterocycles. The number of guanidine groups is 1. The highest BCUT2D eigenvalue weighted by Gasteiger charge is 2.12. The lowest BCUT2D eigenvalue weighted by Crippen LogP contribution is -2.36. The van der Waals surface area contributed by atoms with Gasteiger partial charge in [-0.1, -0.05) is 6.07 Å². The number of rotatable bonds is 5. The van der Waals surface area contributed by atoms with E-state index in [1.54, 1.807) is 0 Å². The summed E-state index contributed by atoms with van der Waals surface area (Å²) in [6.45, 7) is 8.81. The molecule has 0 aromatic carbocycles. The first-order chi connectivity index (χ1) is 9.83. The van der Waals surface area contributed by atoms with Gasteiger partial charge in [-0.2, -0.15) is 0 Å². The van der Waals surface area contributed by atoms with Crippen LogP contribution in [0.15, 0.2) is 23.3 Å². The Bertz CT molecular complexity index is 418. The molecule has 118 valence electrons. The summed E-state index contributed by atoms with van der Waals surface area (Å²) in [4.78, 5) is 11.4. The van der Waals surface area contributed by atoms with Gasteiger partial charge in [0.2, 0.25) is 0 Å². The first-order valence-electron chi connectivity index (χ1n) is 7.55. The summed E-state index contributed by atoms with van der Waals surface area (Å²) >= 11 is 0. The number of aromatic nitrogens is 1. The first-order valence-corrected chi connectivity index (χ1v) is 7.55. The second-order valence-electron chi connectivity index (χ2n) is 4.94. The Kier molecular flexibility index (Phi) is 8.41. The van der Waals surface area contributed by atoms with Gasteiger partial charge in [0, 0.05) is 32.4 Å². The molecule has 2 rings (SSSR count). The van der Waals surface area contributed by atoms with Crippen molar-refractivity contribution in [1.29, 1.82) is 0 Å². The molecule has 1 aromatic rings. The molecule has 0 amide bonds. The molecule has 0 spiro atoms. The number of hydrogen-bond donors (Lipinski definition) is 2. The maximum atomic E-state index is 4.55. The standard InChI is InChI=1S/C15H25N5.HI/c1-3-16-15(17-4-2)19-12-13-7-8-14(18-11-13)20-9-5-6-10-20;/h7-8,11H,3-6,9-10,12H2,1-2H3,(H2,16,17,19);1H. The largest absolute Gasteiger partial charge is 0.357 e. The minimum atomic E-state index is 0. The lowest BCUT2D eigenvalue weighted by molar-refractivity contribution is 0.838. The van der Waals surface area contributed by atoms with Crippen LogP contribution in [0.4, 0.5) is 5.82 Å². The van der Waals surface area contributed by atoms with E-state index in [4.69, 9.17) is 0 Å². The van der Waals surface area contributed by atoms with Crippen molar-refractivity contribution in [2.45, 2.75) is 33.2 Å².